The van der Waals surface area contributed by atoms with Crippen LogP contribution in [0.15, 0.2) is 21.2 Å². The first-order valence-corrected chi connectivity index (χ1v) is 8.39. The van der Waals surface area contributed by atoms with Crippen molar-refractivity contribution in [1.82, 2.24) is 15.1 Å². The zero-order chi connectivity index (χ0) is 15.4. The van der Waals surface area contributed by atoms with Gasteiger partial charge in [-0.05, 0) is 55.2 Å². The summed E-state index contributed by atoms with van der Waals surface area (Å²) in [6.07, 6.45) is 4.03. The number of hydrogen-bond donors (Lipinski definition) is 1. The Bertz CT molecular complexity index is 588. The molecule has 1 unspecified atom stereocenters. The van der Waals surface area contributed by atoms with Crippen LogP contribution in [0.3, 0.4) is 0 Å². The van der Waals surface area contributed by atoms with Crippen LogP contribution in [0.2, 0.25) is 0 Å². The minimum Gasteiger partial charge on any atom is -0.466 e. The van der Waals surface area contributed by atoms with E-state index in [0.29, 0.717) is 0 Å². The average Bonchev–Trinajstić information content (AvgIpc) is 2.96. The number of rotatable bonds is 7. The van der Waals surface area contributed by atoms with Gasteiger partial charge in [0.25, 0.3) is 0 Å². The Morgan fingerprint density at radius 3 is 2.67 bits per heavy atom. The second-order valence-corrected chi connectivity index (χ2v) is 6.21. The molecular weight excluding hydrogens is 330 g/mol. The number of furan rings is 1. The van der Waals surface area contributed by atoms with Gasteiger partial charge in [-0.15, -0.1) is 0 Å². The van der Waals surface area contributed by atoms with E-state index in [1.807, 2.05) is 20.0 Å². The summed E-state index contributed by atoms with van der Waals surface area (Å²) in [6, 6.07) is 2.23. The van der Waals surface area contributed by atoms with Crippen molar-refractivity contribution < 1.29 is 4.42 Å². The van der Waals surface area contributed by atoms with Crippen LogP contribution >= 0.6 is 15.9 Å². The maximum atomic E-state index is 5.73. The molecule has 0 aliphatic carbocycles. The molecule has 0 aliphatic heterocycles. The van der Waals surface area contributed by atoms with Gasteiger partial charge in [0.1, 0.15) is 11.5 Å². The highest BCUT2D eigenvalue weighted by Gasteiger charge is 2.24. The molecule has 2 heterocycles. The van der Waals surface area contributed by atoms with Gasteiger partial charge in [0.05, 0.1) is 22.4 Å². The van der Waals surface area contributed by atoms with Crippen LogP contribution < -0.4 is 5.32 Å². The SMILES string of the molecule is CCCNC(c1cc(C)oc1C)c1c(Br)cnn1CCC. The number of aryl methyl sites for hydroxylation is 3. The summed E-state index contributed by atoms with van der Waals surface area (Å²) in [5, 5.41) is 8.13. The second-order valence-electron chi connectivity index (χ2n) is 5.36. The Kier molecular flexibility index (Phi) is 5.65. The fraction of sp³-hybridized carbons (Fsp3) is 0.562. The van der Waals surface area contributed by atoms with E-state index in [2.05, 4.69) is 50.9 Å². The Morgan fingerprint density at radius 1 is 1.33 bits per heavy atom. The van der Waals surface area contributed by atoms with E-state index in [9.17, 15) is 0 Å². The van der Waals surface area contributed by atoms with E-state index in [0.717, 1.165) is 41.9 Å². The maximum Gasteiger partial charge on any atom is 0.106 e. The van der Waals surface area contributed by atoms with Crippen molar-refractivity contribution in [3.05, 3.63) is 39.5 Å². The van der Waals surface area contributed by atoms with E-state index in [-0.39, 0.29) is 6.04 Å². The predicted octanol–water partition coefficient (Wildman–Crippen LogP) is 4.35. The number of hydrogen-bond acceptors (Lipinski definition) is 3. The van der Waals surface area contributed by atoms with Crippen LogP contribution in [0.1, 0.15) is 55.5 Å². The number of nitrogens with one attached hydrogen (secondary N) is 1. The fourth-order valence-corrected chi connectivity index (χ4v) is 3.15. The lowest BCUT2D eigenvalue weighted by Crippen LogP contribution is -2.26. The lowest BCUT2D eigenvalue weighted by atomic mass is 10.0. The van der Waals surface area contributed by atoms with Crippen LogP contribution in [0, 0.1) is 13.8 Å². The number of nitrogens with zero attached hydrogens (tertiary/aromatic N) is 2. The Morgan fingerprint density at radius 2 is 2.10 bits per heavy atom. The van der Waals surface area contributed by atoms with Crippen LogP contribution in [0.4, 0.5) is 0 Å². The highest BCUT2D eigenvalue weighted by Crippen LogP contribution is 2.32. The first-order chi connectivity index (χ1) is 10.1. The van der Waals surface area contributed by atoms with E-state index < -0.39 is 0 Å². The normalized spacial score (nSPS) is 12.8. The molecule has 1 atom stereocenters. The van der Waals surface area contributed by atoms with E-state index in [1.165, 1.54) is 11.3 Å². The third-order valence-electron chi connectivity index (χ3n) is 3.53. The van der Waals surface area contributed by atoms with Crippen molar-refractivity contribution in [3.63, 3.8) is 0 Å². The zero-order valence-electron chi connectivity index (χ0n) is 13.2. The molecule has 21 heavy (non-hydrogen) atoms. The van der Waals surface area contributed by atoms with Gasteiger partial charge in [-0.1, -0.05) is 13.8 Å². The van der Waals surface area contributed by atoms with Crippen molar-refractivity contribution >= 4 is 15.9 Å². The highest BCUT2D eigenvalue weighted by molar-refractivity contribution is 9.10. The minimum absolute atomic E-state index is 0.103. The molecule has 0 radical (unpaired) electrons. The number of halogens is 1. The standard InChI is InChI=1S/C16H24BrN3O/c1-5-7-18-15(13-9-11(3)21-12(13)4)16-14(17)10-19-20(16)8-6-2/h9-10,15,18H,5-8H2,1-4H3. The van der Waals surface area contributed by atoms with Crippen molar-refractivity contribution in [3.8, 4) is 0 Å². The molecule has 1 N–H and O–H groups in total. The average molecular weight is 354 g/mol. The van der Waals surface area contributed by atoms with Gasteiger partial charge in [0.15, 0.2) is 0 Å². The molecule has 0 bridgehead atoms. The molecule has 0 fully saturated rings. The lowest BCUT2D eigenvalue weighted by molar-refractivity contribution is 0.480. The van der Waals surface area contributed by atoms with Gasteiger partial charge in [-0.2, -0.15) is 5.10 Å². The molecule has 0 spiro atoms. The van der Waals surface area contributed by atoms with Crippen LogP contribution in [-0.4, -0.2) is 16.3 Å². The summed E-state index contributed by atoms with van der Waals surface area (Å²) in [7, 11) is 0. The van der Waals surface area contributed by atoms with Crippen LogP contribution in [-0.2, 0) is 6.54 Å². The molecule has 116 valence electrons. The van der Waals surface area contributed by atoms with Gasteiger partial charge in [-0.3, -0.25) is 4.68 Å². The summed E-state index contributed by atoms with van der Waals surface area (Å²) >= 11 is 3.65. The first-order valence-electron chi connectivity index (χ1n) is 7.60. The summed E-state index contributed by atoms with van der Waals surface area (Å²) in [5.41, 5.74) is 2.37. The molecule has 5 heteroatoms. The quantitative estimate of drug-likeness (QED) is 0.804. The summed E-state index contributed by atoms with van der Waals surface area (Å²) in [6.45, 7) is 10.2. The molecule has 2 aromatic rings. The molecule has 4 nitrogen and oxygen atoms in total. The van der Waals surface area contributed by atoms with Gasteiger partial charge < -0.3 is 9.73 Å². The van der Waals surface area contributed by atoms with Crippen molar-refractivity contribution in [2.45, 2.75) is 53.1 Å². The monoisotopic (exact) mass is 353 g/mol. The van der Waals surface area contributed by atoms with E-state index in [4.69, 9.17) is 4.42 Å². The molecule has 0 saturated carbocycles. The Labute approximate surface area is 135 Å². The largest absolute Gasteiger partial charge is 0.466 e. The topological polar surface area (TPSA) is 43.0 Å². The van der Waals surface area contributed by atoms with Gasteiger partial charge in [0, 0.05) is 12.1 Å². The van der Waals surface area contributed by atoms with Gasteiger partial charge in [0.2, 0.25) is 0 Å². The summed E-state index contributed by atoms with van der Waals surface area (Å²) in [5.74, 6) is 1.92. The van der Waals surface area contributed by atoms with E-state index >= 15 is 0 Å². The van der Waals surface area contributed by atoms with Crippen molar-refractivity contribution in [2.75, 3.05) is 6.54 Å². The van der Waals surface area contributed by atoms with Crippen molar-refractivity contribution in [1.29, 1.82) is 0 Å². The molecule has 2 rings (SSSR count). The third-order valence-corrected chi connectivity index (χ3v) is 4.14. The Hall–Kier alpha value is -1.07. The molecular formula is C16H24BrN3O. The minimum atomic E-state index is 0.103. The Balaban J connectivity index is 2.45. The molecule has 0 amide bonds. The second kappa shape index (κ2) is 7.27. The molecule has 0 aliphatic rings. The predicted molar refractivity (Wildman–Crippen MR) is 88.5 cm³/mol. The molecule has 0 aromatic carbocycles. The summed E-state index contributed by atoms with van der Waals surface area (Å²) in [4.78, 5) is 0. The molecule has 2 aromatic heterocycles. The van der Waals surface area contributed by atoms with Crippen LogP contribution in [0.5, 0.6) is 0 Å². The third kappa shape index (κ3) is 3.58. The van der Waals surface area contributed by atoms with E-state index in [1.54, 1.807) is 0 Å². The molecule has 0 saturated heterocycles. The smallest absolute Gasteiger partial charge is 0.106 e. The maximum absolute atomic E-state index is 5.73. The van der Waals surface area contributed by atoms with Crippen molar-refractivity contribution in [2.24, 2.45) is 0 Å². The van der Waals surface area contributed by atoms with Crippen LogP contribution in [0.25, 0.3) is 0 Å². The fourth-order valence-electron chi connectivity index (χ4n) is 2.63. The van der Waals surface area contributed by atoms with Gasteiger partial charge in [-0.25, -0.2) is 0 Å². The van der Waals surface area contributed by atoms with Gasteiger partial charge >= 0.3 is 0 Å². The number of aromatic nitrogens is 2. The summed E-state index contributed by atoms with van der Waals surface area (Å²) < 4.78 is 8.86. The zero-order valence-corrected chi connectivity index (χ0v) is 14.8. The first kappa shape index (κ1) is 16.3. The highest BCUT2D eigenvalue weighted by atomic mass is 79.9. The lowest BCUT2D eigenvalue weighted by Gasteiger charge is -2.20.